The molecule has 0 spiro atoms. The van der Waals surface area contributed by atoms with Gasteiger partial charge in [0, 0.05) is 23.6 Å². The van der Waals surface area contributed by atoms with Crippen LogP contribution in [0.1, 0.15) is 29.2 Å². The van der Waals surface area contributed by atoms with Gasteiger partial charge in [0.1, 0.15) is 23.8 Å². The quantitative estimate of drug-likeness (QED) is 0.289. The number of H-pyrrole nitrogens is 1. The Morgan fingerprint density at radius 2 is 2.03 bits per heavy atom. The van der Waals surface area contributed by atoms with E-state index in [0.717, 1.165) is 27.6 Å². The van der Waals surface area contributed by atoms with Crippen molar-refractivity contribution in [3.05, 3.63) is 87.2 Å². The molecular formula is C27H27FN2O4. The number of rotatable bonds is 8. The summed E-state index contributed by atoms with van der Waals surface area (Å²) in [6.07, 6.45) is 2.23. The van der Waals surface area contributed by atoms with Gasteiger partial charge in [0.2, 0.25) is 5.91 Å². The molecule has 0 bridgehead atoms. The van der Waals surface area contributed by atoms with Crippen LogP contribution >= 0.6 is 0 Å². The smallest absolute Gasteiger partial charge is 0.340 e. The minimum absolute atomic E-state index is 0.111. The standard InChI is InChI=1S/C27H27FN2O4/c1-15(2)14-33-23-9-16(3)10-24-26(23)17(4)20(27(32)34-24)12-25(31)29-8-7-18-13-30-22-6-5-19(28)11-21(18)22/h5-6,9-11,13,30H,1,7-8,12,14H2,2-4H3,(H,29,31). The maximum atomic E-state index is 13.6. The van der Waals surface area contributed by atoms with Gasteiger partial charge in [-0.3, -0.25) is 4.79 Å². The maximum absolute atomic E-state index is 13.6. The molecule has 2 N–H and O–H groups in total. The number of carbonyl (C=O) groups is 1. The molecule has 0 unspecified atom stereocenters. The summed E-state index contributed by atoms with van der Waals surface area (Å²) in [5.74, 6) is -0.0116. The fraction of sp³-hybridized carbons (Fsp3) is 0.259. The number of benzene rings is 2. The molecule has 0 fully saturated rings. The lowest BCUT2D eigenvalue weighted by Crippen LogP contribution is -2.29. The first-order valence-electron chi connectivity index (χ1n) is 11.1. The molecule has 0 aliphatic carbocycles. The number of nitrogens with one attached hydrogen (secondary N) is 2. The van der Waals surface area contributed by atoms with Crippen LogP contribution in [-0.4, -0.2) is 24.0 Å². The van der Waals surface area contributed by atoms with Crippen LogP contribution in [0.3, 0.4) is 0 Å². The third-order valence-electron chi connectivity index (χ3n) is 5.74. The predicted octanol–water partition coefficient (Wildman–Crippen LogP) is 4.89. The van der Waals surface area contributed by atoms with Gasteiger partial charge in [-0.1, -0.05) is 6.58 Å². The Hall–Kier alpha value is -3.87. The van der Waals surface area contributed by atoms with Crippen LogP contribution in [-0.2, 0) is 17.6 Å². The van der Waals surface area contributed by atoms with E-state index >= 15 is 0 Å². The molecule has 0 atom stereocenters. The number of aromatic amines is 1. The minimum Gasteiger partial charge on any atom is -0.488 e. The molecule has 6 nitrogen and oxygen atoms in total. The van der Waals surface area contributed by atoms with Gasteiger partial charge in [0.05, 0.1) is 17.4 Å². The van der Waals surface area contributed by atoms with Crippen LogP contribution in [0.15, 0.2) is 57.9 Å². The van der Waals surface area contributed by atoms with Crippen LogP contribution < -0.4 is 15.7 Å². The number of hydrogen-bond donors (Lipinski definition) is 2. The molecule has 0 saturated heterocycles. The van der Waals surface area contributed by atoms with Gasteiger partial charge >= 0.3 is 5.63 Å². The van der Waals surface area contributed by atoms with Gasteiger partial charge in [-0.15, -0.1) is 0 Å². The monoisotopic (exact) mass is 462 g/mol. The number of aryl methyl sites for hydroxylation is 2. The third kappa shape index (κ3) is 4.88. The molecule has 176 valence electrons. The second kappa shape index (κ2) is 9.55. The topological polar surface area (TPSA) is 84.3 Å². The normalized spacial score (nSPS) is 11.2. The number of hydrogen-bond acceptors (Lipinski definition) is 4. The molecule has 1 amide bonds. The summed E-state index contributed by atoms with van der Waals surface area (Å²) >= 11 is 0. The highest BCUT2D eigenvalue weighted by atomic mass is 19.1. The Labute approximate surface area is 196 Å². The van der Waals surface area contributed by atoms with E-state index in [4.69, 9.17) is 9.15 Å². The first kappa shape index (κ1) is 23.3. The van der Waals surface area contributed by atoms with E-state index in [1.165, 1.54) is 12.1 Å². The van der Waals surface area contributed by atoms with Crippen LogP contribution in [0.4, 0.5) is 4.39 Å². The maximum Gasteiger partial charge on any atom is 0.340 e. The van der Waals surface area contributed by atoms with E-state index in [2.05, 4.69) is 16.9 Å². The Bertz CT molecular complexity index is 1470. The van der Waals surface area contributed by atoms with Gasteiger partial charge in [-0.25, -0.2) is 9.18 Å². The van der Waals surface area contributed by atoms with Crippen molar-refractivity contribution in [3.8, 4) is 5.75 Å². The molecular weight excluding hydrogens is 435 g/mol. The predicted molar refractivity (Wildman–Crippen MR) is 131 cm³/mol. The van der Waals surface area contributed by atoms with Gasteiger partial charge in [-0.05, 0) is 79.8 Å². The van der Waals surface area contributed by atoms with Crippen molar-refractivity contribution in [2.45, 2.75) is 33.6 Å². The van der Waals surface area contributed by atoms with Crippen molar-refractivity contribution >= 4 is 27.8 Å². The molecule has 0 aliphatic heterocycles. The molecule has 2 heterocycles. The molecule has 0 saturated carbocycles. The molecule has 2 aromatic heterocycles. The fourth-order valence-electron chi connectivity index (χ4n) is 4.07. The Morgan fingerprint density at radius 3 is 2.79 bits per heavy atom. The van der Waals surface area contributed by atoms with Crippen LogP contribution in [0.5, 0.6) is 5.75 Å². The van der Waals surface area contributed by atoms with Gasteiger partial charge in [-0.2, -0.15) is 0 Å². The molecule has 0 radical (unpaired) electrons. The second-order valence-electron chi connectivity index (χ2n) is 8.66. The Morgan fingerprint density at radius 1 is 1.24 bits per heavy atom. The van der Waals surface area contributed by atoms with Crippen LogP contribution in [0.25, 0.3) is 21.9 Å². The number of amides is 1. The summed E-state index contributed by atoms with van der Waals surface area (Å²) in [6, 6.07) is 8.22. The molecule has 34 heavy (non-hydrogen) atoms. The van der Waals surface area contributed by atoms with E-state index in [9.17, 15) is 14.0 Å². The number of fused-ring (bicyclic) bond motifs is 2. The number of aromatic nitrogens is 1. The lowest BCUT2D eigenvalue weighted by molar-refractivity contribution is -0.120. The van der Waals surface area contributed by atoms with Crippen molar-refractivity contribution < 1.29 is 18.3 Å². The summed E-state index contributed by atoms with van der Waals surface area (Å²) in [5.41, 5.74) is 4.35. The number of halogens is 1. The van der Waals surface area contributed by atoms with Crippen molar-refractivity contribution in [2.24, 2.45) is 0 Å². The van der Waals surface area contributed by atoms with Gasteiger partial charge in [0.15, 0.2) is 0 Å². The average molecular weight is 463 g/mol. The van der Waals surface area contributed by atoms with E-state index in [-0.39, 0.29) is 18.1 Å². The average Bonchev–Trinajstić information content (AvgIpc) is 3.16. The van der Waals surface area contributed by atoms with Crippen molar-refractivity contribution in [3.63, 3.8) is 0 Å². The lowest BCUT2D eigenvalue weighted by Gasteiger charge is -2.14. The van der Waals surface area contributed by atoms with Crippen LogP contribution in [0.2, 0.25) is 0 Å². The summed E-state index contributed by atoms with van der Waals surface area (Å²) in [7, 11) is 0. The van der Waals surface area contributed by atoms with Gasteiger partial charge in [0.25, 0.3) is 0 Å². The Kier molecular flexibility index (Phi) is 6.54. The van der Waals surface area contributed by atoms with Gasteiger partial charge < -0.3 is 19.5 Å². The minimum atomic E-state index is -0.538. The van der Waals surface area contributed by atoms with E-state index in [0.29, 0.717) is 47.4 Å². The first-order chi connectivity index (χ1) is 16.2. The zero-order chi connectivity index (χ0) is 24.4. The molecule has 2 aromatic carbocycles. The third-order valence-corrected chi connectivity index (χ3v) is 5.74. The number of carbonyl (C=O) groups excluding carboxylic acids is 1. The summed E-state index contributed by atoms with van der Waals surface area (Å²) < 4.78 is 25.0. The highest BCUT2D eigenvalue weighted by Gasteiger charge is 2.18. The fourth-order valence-corrected chi connectivity index (χ4v) is 4.07. The van der Waals surface area contributed by atoms with Crippen molar-refractivity contribution in [1.82, 2.24) is 10.3 Å². The molecule has 7 heteroatoms. The zero-order valence-corrected chi connectivity index (χ0v) is 19.5. The zero-order valence-electron chi connectivity index (χ0n) is 19.5. The SMILES string of the molecule is C=C(C)COc1cc(C)cc2oc(=O)c(CC(=O)NCCc3c[nH]c4ccc(F)cc34)c(C)c12. The molecule has 0 aliphatic rings. The summed E-state index contributed by atoms with van der Waals surface area (Å²) in [4.78, 5) is 28.4. The summed E-state index contributed by atoms with van der Waals surface area (Å²) in [6.45, 7) is 10.1. The van der Waals surface area contributed by atoms with Crippen LogP contribution in [0, 0.1) is 19.7 Å². The highest BCUT2D eigenvalue weighted by Crippen LogP contribution is 2.31. The van der Waals surface area contributed by atoms with E-state index in [1.54, 1.807) is 19.1 Å². The molecule has 4 aromatic rings. The van der Waals surface area contributed by atoms with Crippen molar-refractivity contribution in [2.75, 3.05) is 13.2 Å². The van der Waals surface area contributed by atoms with Crippen molar-refractivity contribution in [1.29, 1.82) is 0 Å². The largest absolute Gasteiger partial charge is 0.488 e. The first-order valence-corrected chi connectivity index (χ1v) is 11.1. The van der Waals surface area contributed by atoms with E-state index in [1.807, 2.05) is 26.1 Å². The number of ether oxygens (including phenoxy) is 1. The molecule has 4 rings (SSSR count). The highest BCUT2D eigenvalue weighted by molar-refractivity contribution is 5.90. The second-order valence-corrected chi connectivity index (χ2v) is 8.66. The summed E-state index contributed by atoms with van der Waals surface area (Å²) in [5, 5.41) is 4.31. The van der Waals surface area contributed by atoms with E-state index < -0.39 is 5.63 Å². The lowest BCUT2D eigenvalue weighted by atomic mass is 10.0. The Balaban J connectivity index is 1.51.